The van der Waals surface area contributed by atoms with Crippen LogP contribution in [0.5, 0.6) is 11.5 Å². The average Bonchev–Trinajstić information content (AvgIpc) is 2.80. The molecule has 2 aromatic carbocycles. The van der Waals surface area contributed by atoms with Crippen molar-refractivity contribution in [1.29, 1.82) is 5.26 Å². The van der Waals surface area contributed by atoms with Gasteiger partial charge in [-0.05, 0) is 24.6 Å². The number of hydrogen-bond acceptors (Lipinski definition) is 6. The van der Waals surface area contributed by atoms with Gasteiger partial charge < -0.3 is 14.8 Å². The summed E-state index contributed by atoms with van der Waals surface area (Å²) in [6.45, 7) is 5.93. The molecule has 30 heavy (non-hydrogen) atoms. The highest BCUT2D eigenvalue weighted by molar-refractivity contribution is 5.94. The Labute approximate surface area is 176 Å². The molecule has 0 aliphatic carbocycles. The number of amides is 1. The number of nitrogens with zero attached hydrogens (tertiary/aromatic N) is 3. The number of nitrogens with one attached hydrogen (secondary N) is 1. The van der Waals surface area contributed by atoms with Crippen molar-refractivity contribution in [1.82, 2.24) is 9.80 Å². The van der Waals surface area contributed by atoms with Crippen LogP contribution in [0, 0.1) is 11.3 Å². The lowest BCUT2D eigenvalue weighted by atomic mass is 10.1. The lowest BCUT2D eigenvalue weighted by molar-refractivity contribution is -0.121. The summed E-state index contributed by atoms with van der Waals surface area (Å²) in [5.74, 6) is 1.30. The molecule has 2 atom stereocenters. The Hall–Kier alpha value is -3.08. The van der Waals surface area contributed by atoms with Crippen LogP contribution < -0.4 is 14.8 Å². The summed E-state index contributed by atoms with van der Waals surface area (Å²) in [6.07, 6.45) is 0. The molecule has 7 heteroatoms. The largest absolute Gasteiger partial charge is 0.486 e. The van der Waals surface area contributed by atoms with Crippen LogP contribution in [-0.2, 0) is 4.79 Å². The maximum absolute atomic E-state index is 12.8. The number of ether oxygens (including phenoxy) is 2. The summed E-state index contributed by atoms with van der Waals surface area (Å²) < 4.78 is 11.1. The zero-order valence-corrected chi connectivity index (χ0v) is 17.1. The van der Waals surface area contributed by atoms with Crippen LogP contribution in [0.1, 0.15) is 18.5 Å². The zero-order chi connectivity index (χ0) is 20.9. The fourth-order valence-electron chi connectivity index (χ4n) is 3.92. The number of fused-ring (bicyclic) bond motifs is 1. The van der Waals surface area contributed by atoms with E-state index in [2.05, 4.69) is 21.2 Å². The molecule has 0 radical (unpaired) electrons. The summed E-state index contributed by atoms with van der Waals surface area (Å²) in [5, 5.41) is 12.6. The monoisotopic (exact) mass is 406 g/mol. The molecule has 1 amide bonds. The van der Waals surface area contributed by atoms with Gasteiger partial charge in [-0.1, -0.05) is 30.3 Å². The van der Waals surface area contributed by atoms with Gasteiger partial charge in [0.15, 0.2) is 11.5 Å². The highest BCUT2D eigenvalue weighted by Crippen LogP contribution is 2.32. The Balaban J connectivity index is 1.33. The maximum Gasteiger partial charge on any atom is 0.241 e. The topological polar surface area (TPSA) is 77.8 Å². The molecule has 2 aromatic rings. The highest BCUT2D eigenvalue weighted by Gasteiger charge is 2.29. The van der Waals surface area contributed by atoms with Crippen LogP contribution in [0.2, 0.25) is 0 Å². The van der Waals surface area contributed by atoms with Gasteiger partial charge in [0, 0.05) is 37.9 Å². The van der Waals surface area contributed by atoms with E-state index < -0.39 is 0 Å². The van der Waals surface area contributed by atoms with E-state index in [9.17, 15) is 10.1 Å². The van der Waals surface area contributed by atoms with Crippen LogP contribution in [0.3, 0.4) is 0 Å². The average molecular weight is 406 g/mol. The van der Waals surface area contributed by atoms with Gasteiger partial charge in [-0.25, -0.2) is 0 Å². The van der Waals surface area contributed by atoms with Crippen molar-refractivity contribution in [2.24, 2.45) is 0 Å². The third-order valence-corrected chi connectivity index (χ3v) is 5.69. The summed E-state index contributed by atoms with van der Waals surface area (Å²) in [7, 11) is 0. The second-order valence-corrected chi connectivity index (χ2v) is 7.54. The van der Waals surface area contributed by atoms with Gasteiger partial charge in [0.05, 0.1) is 12.1 Å². The lowest BCUT2D eigenvalue weighted by Gasteiger charge is -2.39. The fraction of sp³-hybridized carbons (Fsp3) is 0.391. The van der Waals surface area contributed by atoms with Crippen molar-refractivity contribution < 1.29 is 14.3 Å². The number of anilines is 1. The first-order chi connectivity index (χ1) is 14.7. The molecular formula is C23H26N4O3. The minimum Gasteiger partial charge on any atom is -0.486 e. The third kappa shape index (κ3) is 4.40. The van der Waals surface area contributed by atoms with Crippen molar-refractivity contribution >= 4 is 11.6 Å². The third-order valence-electron chi connectivity index (χ3n) is 5.69. The second-order valence-electron chi connectivity index (χ2n) is 7.54. The number of piperazine rings is 1. The van der Waals surface area contributed by atoms with Crippen molar-refractivity contribution in [2.45, 2.75) is 19.0 Å². The van der Waals surface area contributed by atoms with Gasteiger partial charge in [0.1, 0.15) is 19.3 Å². The Morgan fingerprint density at radius 3 is 2.37 bits per heavy atom. The summed E-state index contributed by atoms with van der Waals surface area (Å²) in [4.78, 5) is 17.1. The minimum atomic E-state index is -0.266. The molecule has 7 nitrogen and oxygen atoms in total. The van der Waals surface area contributed by atoms with Gasteiger partial charge in [-0.15, -0.1) is 0 Å². The Morgan fingerprint density at radius 2 is 1.67 bits per heavy atom. The predicted molar refractivity (Wildman–Crippen MR) is 113 cm³/mol. The summed E-state index contributed by atoms with van der Waals surface area (Å²) >= 11 is 0. The van der Waals surface area contributed by atoms with E-state index in [-0.39, 0.29) is 18.0 Å². The van der Waals surface area contributed by atoms with Crippen molar-refractivity contribution in [3.05, 3.63) is 54.1 Å². The molecule has 2 unspecified atom stereocenters. The molecule has 0 aromatic heterocycles. The number of rotatable bonds is 5. The smallest absolute Gasteiger partial charge is 0.241 e. The van der Waals surface area contributed by atoms with Gasteiger partial charge in [0.2, 0.25) is 5.91 Å². The minimum absolute atomic E-state index is 0.0555. The van der Waals surface area contributed by atoms with E-state index in [4.69, 9.17) is 9.47 Å². The van der Waals surface area contributed by atoms with Gasteiger partial charge in [0.25, 0.3) is 0 Å². The van der Waals surface area contributed by atoms with Crippen molar-refractivity contribution in [2.75, 3.05) is 44.7 Å². The number of benzene rings is 2. The summed E-state index contributed by atoms with van der Waals surface area (Å²) in [5.41, 5.74) is 1.71. The molecular weight excluding hydrogens is 380 g/mol. The highest BCUT2D eigenvalue weighted by atomic mass is 16.6. The zero-order valence-electron chi connectivity index (χ0n) is 17.1. The second kappa shape index (κ2) is 9.16. The van der Waals surface area contributed by atoms with E-state index in [0.29, 0.717) is 30.4 Å². The molecule has 0 bridgehead atoms. The van der Waals surface area contributed by atoms with Crippen molar-refractivity contribution in [3.63, 3.8) is 0 Å². The first kappa shape index (κ1) is 20.2. The lowest BCUT2D eigenvalue weighted by Crippen LogP contribution is -2.53. The molecule has 156 valence electrons. The first-order valence-corrected chi connectivity index (χ1v) is 10.3. The standard InChI is InChI=1S/C23H26N4O3/c1-17(23(28)25-19-7-8-21-22(15-19)30-14-13-29-21)26-9-11-27(12-10-26)20(16-24)18-5-3-2-4-6-18/h2-8,15,17,20H,9-14H2,1H3,(H,25,28). The van der Waals surface area contributed by atoms with Crippen LogP contribution in [0.4, 0.5) is 5.69 Å². The molecule has 2 aliphatic rings. The molecule has 2 aliphatic heterocycles. The van der Waals surface area contributed by atoms with Crippen LogP contribution >= 0.6 is 0 Å². The predicted octanol–water partition coefficient (Wildman–Crippen LogP) is 2.67. The number of hydrogen-bond donors (Lipinski definition) is 1. The number of carbonyl (C=O) groups excluding carboxylic acids is 1. The Bertz CT molecular complexity index is 920. The fourth-order valence-corrected chi connectivity index (χ4v) is 3.92. The first-order valence-electron chi connectivity index (χ1n) is 10.3. The van der Waals surface area contributed by atoms with E-state index in [0.717, 1.165) is 31.7 Å². The molecule has 1 N–H and O–H groups in total. The van der Waals surface area contributed by atoms with Gasteiger partial charge in [-0.3, -0.25) is 14.6 Å². The molecule has 0 saturated carbocycles. The molecule has 1 fully saturated rings. The van der Waals surface area contributed by atoms with Crippen LogP contribution in [-0.4, -0.2) is 61.1 Å². The SMILES string of the molecule is CC(C(=O)Nc1ccc2c(c1)OCCO2)N1CCN(C(C#N)c2ccccc2)CC1. The van der Waals surface area contributed by atoms with Crippen LogP contribution in [0.15, 0.2) is 48.5 Å². The van der Waals surface area contributed by atoms with Gasteiger partial charge >= 0.3 is 0 Å². The molecule has 0 spiro atoms. The number of nitriles is 1. The normalized spacial score (nSPS) is 18.8. The van der Waals surface area contributed by atoms with E-state index in [1.54, 1.807) is 6.07 Å². The van der Waals surface area contributed by atoms with Crippen LogP contribution in [0.25, 0.3) is 0 Å². The van der Waals surface area contributed by atoms with E-state index in [1.165, 1.54) is 0 Å². The van der Waals surface area contributed by atoms with E-state index in [1.807, 2.05) is 49.4 Å². The molecule has 2 heterocycles. The molecule has 4 rings (SSSR count). The quantitative estimate of drug-likeness (QED) is 0.823. The number of carbonyl (C=O) groups is 1. The van der Waals surface area contributed by atoms with Gasteiger partial charge in [-0.2, -0.15) is 5.26 Å². The maximum atomic E-state index is 12.8. The Morgan fingerprint density at radius 1 is 1.00 bits per heavy atom. The summed E-state index contributed by atoms with van der Waals surface area (Å²) in [6, 6.07) is 17.2. The Kier molecular flexibility index (Phi) is 6.17. The van der Waals surface area contributed by atoms with E-state index >= 15 is 0 Å². The van der Waals surface area contributed by atoms with Crippen molar-refractivity contribution in [3.8, 4) is 17.6 Å². The molecule has 1 saturated heterocycles.